The van der Waals surface area contributed by atoms with Gasteiger partial charge in [0.05, 0.1) is 0 Å². The van der Waals surface area contributed by atoms with Gasteiger partial charge in [0.25, 0.3) is 0 Å². The van der Waals surface area contributed by atoms with Crippen LogP contribution in [0.4, 0.5) is 8.78 Å². The standard InChI is InChI=1S/C13H11F2NO/c14-12-4-1-8(7-16)5-11(12)10-3-2-9(17)6-13(10)15/h1-6,17H,7,16H2. The lowest BCUT2D eigenvalue weighted by Gasteiger charge is -2.07. The predicted octanol–water partition coefficient (Wildman–Crippen LogP) is 2.80. The van der Waals surface area contributed by atoms with Crippen molar-refractivity contribution in [2.24, 2.45) is 5.73 Å². The topological polar surface area (TPSA) is 46.2 Å². The molecule has 0 saturated carbocycles. The molecule has 2 nitrogen and oxygen atoms in total. The van der Waals surface area contributed by atoms with Gasteiger partial charge in [-0.05, 0) is 29.8 Å². The normalized spacial score (nSPS) is 10.5. The summed E-state index contributed by atoms with van der Waals surface area (Å²) in [4.78, 5) is 0. The van der Waals surface area contributed by atoms with Crippen molar-refractivity contribution in [1.82, 2.24) is 0 Å². The molecule has 0 spiro atoms. The number of benzene rings is 2. The van der Waals surface area contributed by atoms with E-state index in [1.54, 1.807) is 6.07 Å². The fourth-order valence-corrected chi connectivity index (χ4v) is 1.63. The average Bonchev–Trinajstić information content (AvgIpc) is 2.30. The van der Waals surface area contributed by atoms with E-state index in [4.69, 9.17) is 10.8 Å². The third kappa shape index (κ3) is 2.26. The molecule has 0 saturated heterocycles. The molecule has 4 heteroatoms. The first-order chi connectivity index (χ1) is 8.11. The lowest BCUT2D eigenvalue weighted by atomic mass is 10.0. The van der Waals surface area contributed by atoms with Gasteiger partial charge in [0, 0.05) is 23.7 Å². The van der Waals surface area contributed by atoms with Crippen LogP contribution < -0.4 is 5.73 Å². The first kappa shape index (κ1) is 11.5. The first-order valence-corrected chi connectivity index (χ1v) is 5.09. The Morgan fingerprint density at radius 3 is 2.35 bits per heavy atom. The molecule has 2 aromatic rings. The van der Waals surface area contributed by atoms with E-state index >= 15 is 0 Å². The third-order valence-corrected chi connectivity index (χ3v) is 2.51. The second-order valence-corrected chi connectivity index (χ2v) is 3.68. The fraction of sp³-hybridized carbons (Fsp3) is 0.0769. The molecule has 0 aliphatic rings. The minimum absolute atomic E-state index is 0.107. The van der Waals surface area contributed by atoms with Gasteiger partial charge < -0.3 is 10.8 Å². The highest BCUT2D eigenvalue weighted by molar-refractivity contribution is 5.66. The van der Waals surface area contributed by atoms with Crippen LogP contribution in [0.25, 0.3) is 11.1 Å². The summed E-state index contributed by atoms with van der Waals surface area (Å²) >= 11 is 0. The number of halogens is 2. The predicted molar refractivity (Wildman–Crippen MR) is 61.4 cm³/mol. The number of phenolic OH excluding ortho intramolecular Hbond substituents is 1. The zero-order valence-corrected chi connectivity index (χ0v) is 8.95. The number of rotatable bonds is 2. The number of hydrogen-bond donors (Lipinski definition) is 2. The summed E-state index contributed by atoms with van der Waals surface area (Å²) in [5, 5.41) is 9.10. The summed E-state index contributed by atoms with van der Waals surface area (Å²) in [5.41, 5.74) is 6.42. The Balaban J connectivity index is 2.59. The Kier molecular flexibility index (Phi) is 3.06. The lowest BCUT2D eigenvalue weighted by Crippen LogP contribution is -1.98. The zero-order chi connectivity index (χ0) is 12.4. The Hall–Kier alpha value is -1.94. The summed E-state index contributed by atoms with van der Waals surface area (Å²) in [6, 6.07) is 7.91. The van der Waals surface area contributed by atoms with Crippen LogP contribution in [0.1, 0.15) is 5.56 Å². The fourth-order valence-electron chi connectivity index (χ4n) is 1.63. The molecule has 0 unspecified atom stereocenters. The molecule has 3 N–H and O–H groups in total. The monoisotopic (exact) mass is 235 g/mol. The Bertz CT molecular complexity index is 555. The van der Waals surface area contributed by atoms with Crippen LogP contribution in [0, 0.1) is 11.6 Å². The van der Waals surface area contributed by atoms with Crippen molar-refractivity contribution in [2.45, 2.75) is 6.54 Å². The van der Waals surface area contributed by atoms with Crippen LogP contribution in [-0.2, 0) is 6.54 Å². The largest absolute Gasteiger partial charge is 0.508 e. The SMILES string of the molecule is NCc1ccc(F)c(-c2ccc(O)cc2F)c1. The van der Waals surface area contributed by atoms with Crippen molar-refractivity contribution in [3.05, 3.63) is 53.6 Å². The Morgan fingerprint density at radius 2 is 1.71 bits per heavy atom. The molecular weight excluding hydrogens is 224 g/mol. The molecule has 0 aliphatic heterocycles. The van der Waals surface area contributed by atoms with Gasteiger partial charge in [0.1, 0.15) is 17.4 Å². The van der Waals surface area contributed by atoms with Crippen LogP contribution in [0.2, 0.25) is 0 Å². The van der Waals surface area contributed by atoms with Crippen LogP contribution in [-0.4, -0.2) is 5.11 Å². The maximum atomic E-state index is 13.6. The minimum atomic E-state index is -0.668. The molecule has 0 heterocycles. The van der Waals surface area contributed by atoms with Gasteiger partial charge in [-0.15, -0.1) is 0 Å². The van der Waals surface area contributed by atoms with E-state index in [0.29, 0.717) is 5.56 Å². The zero-order valence-electron chi connectivity index (χ0n) is 8.95. The highest BCUT2D eigenvalue weighted by atomic mass is 19.1. The number of phenols is 1. The van der Waals surface area contributed by atoms with E-state index in [-0.39, 0.29) is 23.4 Å². The maximum Gasteiger partial charge on any atom is 0.134 e. The van der Waals surface area contributed by atoms with E-state index in [1.807, 2.05) is 0 Å². The van der Waals surface area contributed by atoms with Gasteiger partial charge >= 0.3 is 0 Å². The van der Waals surface area contributed by atoms with E-state index in [0.717, 1.165) is 6.07 Å². The smallest absolute Gasteiger partial charge is 0.134 e. The molecular formula is C13H11F2NO. The van der Waals surface area contributed by atoms with Crippen LogP contribution in [0.5, 0.6) is 5.75 Å². The van der Waals surface area contributed by atoms with Crippen molar-refractivity contribution in [1.29, 1.82) is 0 Å². The highest BCUT2D eigenvalue weighted by Gasteiger charge is 2.11. The molecule has 0 amide bonds. The van der Waals surface area contributed by atoms with E-state index in [2.05, 4.69) is 0 Å². The summed E-state index contributed by atoms with van der Waals surface area (Å²) in [7, 11) is 0. The van der Waals surface area contributed by atoms with E-state index in [9.17, 15) is 8.78 Å². The van der Waals surface area contributed by atoms with Gasteiger partial charge in [0.15, 0.2) is 0 Å². The van der Waals surface area contributed by atoms with Crippen molar-refractivity contribution >= 4 is 0 Å². The number of nitrogens with two attached hydrogens (primary N) is 1. The molecule has 0 aliphatic carbocycles. The molecule has 2 aromatic carbocycles. The van der Waals surface area contributed by atoms with Crippen LogP contribution in [0.3, 0.4) is 0 Å². The molecule has 0 aromatic heterocycles. The van der Waals surface area contributed by atoms with Crippen molar-refractivity contribution in [3.8, 4) is 16.9 Å². The molecule has 2 rings (SSSR count). The summed E-state index contributed by atoms with van der Waals surface area (Å²) in [5.74, 6) is -1.38. The molecule has 88 valence electrons. The molecule has 0 radical (unpaired) electrons. The van der Waals surface area contributed by atoms with Crippen LogP contribution in [0.15, 0.2) is 36.4 Å². The van der Waals surface area contributed by atoms with Crippen molar-refractivity contribution in [2.75, 3.05) is 0 Å². The third-order valence-electron chi connectivity index (χ3n) is 2.51. The Labute approximate surface area is 97.3 Å². The number of hydrogen-bond acceptors (Lipinski definition) is 2. The molecule has 0 atom stereocenters. The van der Waals surface area contributed by atoms with Gasteiger partial charge in [-0.1, -0.05) is 6.07 Å². The van der Waals surface area contributed by atoms with Gasteiger partial charge in [-0.3, -0.25) is 0 Å². The molecule has 0 bridgehead atoms. The van der Waals surface area contributed by atoms with Crippen molar-refractivity contribution in [3.63, 3.8) is 0 Å². The van der Waals surface area contributed by atoms with Gasteiger partial charge in [-0.25, -0.2) is 8.78 Å². The second-order valence-electron chi connectivity index (χ2n) is 3.68. The average molecular weight is 235 g/mol. The summed E-state index contributed by atoms with van der Waals surface area (Å²) in [6.45, 7) is 0.257. The number of aromatic hydroxyl groups is 1. The summed E-state index contributed by atoms with van der Waals surface area (Å²) < 4.78 is 27.2. The maximum absolute atomic E-state index is 13.6. The van der Waals surface area contributed by atoms with Gasteiger partial charge in [-0.2, -0.15) is 0 Å². The molecule has 0 fully saturated rings. The van der Waals surface area contributed by atoms with Gasteiger partial charge in [0.2, 0.25) is 0 Å². The van der Waals surface area contributed by atoms with E-state index < -0.39 is 11.6 Å². The highest BCUT2D eigenvalue weighted by Crippen LogP contribution is 2.28. The van der Waals surface area contributed by atoms with E-state index in [1.165, 1.54) is 24.3 Å². The minimum Gasteiger partial charge on any atom is -0.508 e. The van der Waals surface area contributed by atoms with Crippen molar-refractivity contribution < 1.29 is 13.9 Å². The second kappa shape index (κ2) is 4.51. The quantitative estimate of drug-likeness (QED) is 0.840. The summed E-state index contributed by atoms with van der Waals surface area (Å²) in [6.07, 6.45) is 0. The Morgan fingerprint density at radius 1 is 0.941 bits per heavy atom. The molecule has 17 heavy (non-hydrogen) atoms. The van der Waals surface area contributed by atoms with Crippen LogP contribution >= 0.6 is 0 Å². The first-order valence-electron chi connectivity index (χ1n) is 5.09. The lowest BCUT2D eigenvalue weighted by molar-refractivity contribution is 0.469.